The van der Waals surface area contributed by atoms with Gasteiger partial charge in [-0.3, -0.25) is 0 Å². The van der Waals surface area contributed by atoms with Crippen LogP contribution in [0.25, 0.3) is 0 Å². The first kappa shape index (κ1) is 9.80. The van der Waals surface area contributed by atoms with Crippen molar-refractivity contribution in [2.75, 3.05) is 12.3 Å². The van der Waals surface area contributed by atoms with Crippen molar-refractivity contribution in [3.8, 4) is 5.75 Å². The molecule has 1 aromatic heterocycles. The Kier molecular flexibility index (Phi) is 3.52. The molecule has 0 radical (unpaired) electrons. The topological polar surface area (TPSA) is 68.4 Å². The fourth-order valence-electron chi connectivity index (χ4n) is 0.828. The normalized spacial score (nSPS) is 12.5. The van der Waals surface area contributed by atoms with Crippen molar-refractivity contribution in [3.05, 3.63) is 18.3 Å². The molecule has 13 heavy (non-hydrogen) atoms. The van der Waals surface area contributed by atoms with Gasteiger partial charge in [0.15, 0.2) is 0 Å². The van der Waals surface area contributed by atoms with Gasteiger partial charge in [0.25, 0.3) is 0 Å². The number of aromatic nitrogens is 1. The summed E-state index contributed by atoms with van der Waals surface area (Å²) in [6.45, 7) is 2.19. The van der Waals surface area contributed by atoms with Gasteiger partial charge in [0.05, 0.1) is 6.10 Å². The molecule has 0 bridgehead atoms. The second-order valence-corrected chi connectivity index (χ2v) is 2.79. The molecule has 0 aromatic carbocycles. The fourth-order valence-corrected chi connectivity index (χ4v) is 0.828. The van der Waals surface area contributed by atoms with Gasteiger partial charge in [-0.1, -0.05) is 6.92 Å². The number of aliphatic hydroxyl groups excluding tert-OH is 1. The van der Waals surface area contributed by atoms with E-state index in [0.29, 0.717) is 24.6 Å². The third-order valence-corrected chi connectivity index (χ3v) is 1.67. The zero-order valence-electron chi connectivity index (χ0n) is 7.60. The number of ether oxygens (including phenoxy) is 1. The summed E-state index contributed by atoms with van der Waals surface area (Å²) in [6.07, 6.45) is 1.83. The van der Waals surface area contributed by atoms with Gasteiger partial charge in [-0.05, 0) is 12.5 Å². The van der Waals surface area contributed by atoms with Crippen molar-refractivity contribution < 1.29 is 9.84 Å². The van der Waals surface area contributed by atoms with Crippen molar-refractivity contribution in [2.45, 2.75) is 19.4 Å². The molecule has 1 unspecified atom stereocenters. The molecule has 0 amide bonds. The van der Waals surface area contributed by atoms with Gasteiger partial charge in [0.2, 0.25) is 0 Å². The van der Waals surface area contributed by atoms with E-state index in [0.717, 1.165) is 0 Å². The molecule has 0 fully saturated rings. The second kappa shape index (κ2) is 4.67. The maximum atomic E-state index is 9.22. The molecule has 72 valence electrons. The third-order valence-electron chi connectivity index (χ3n) is 1.67. The molecule has 1 atom stereocenters. The first-order valence-electron chi connectivity index (χ1n) is 4.24. The maximum Gasteiger partial charge on any atom is 0.126 e. The van der Waals surface area contributed by atoms with Crippen LogP contribution in [0, 0.1) is 0 Å². The number of anilines is 1. The molecule has 0 aliphatic heterocycles. The Hall–Kier alpha value is -1.29. The lowest BCUT2D eigenvalue weighted by atomic mass is 10.3. The van der Waals surface area contributed by atoms with Gasteiger partial charge < -0.3 is 15.6 Å². The SMILES string of the molecule is CCC(O)COc1ccnc(N)c1. The number of hydrogen-bond acceptors (Lipinski definition) is 4. The Balaban J connectivity index is 2.45. The highest BCUT2D eigenvalue weighted by Gasteiger charge is 2.01. The monoisotopic (exact) mass is 182 g/mol. The van der Waals surface area contributed by atoms with Crippen LogP contribution in [0.4, 0.5) is 5.82 Å². The highest BCUT2D eigenvalue weighted by molar-refractivity contribution is 5.35. The predicted molar refractivity (Wildman–Crippen MR) is 50.4 cm³/mol. The predicted octanol–water partition coefficient (Wildman–Crippen LogP) is 0.814. The van der Waals surface area contributed by atoms with Crippen LogP contribution >= 0.6 is 0 Å². The molecule has 0 aliphatic rings. The molecule has 0 spiro atoms. The number of aliphatic hydroxyl groups is 1. The Morgan fingerprint density at radius 1 is 1.69 bits per heavy atom. The molecule has 1 aromatic rings. The Bertz CT molecular complexity index is 266. The lowest BCUT2D eigenvalue weighted by Gasteiger charge is -2.09. The van der Waals surface area contributed by atoms with Crippen molar-refractivity contribution >= 4 is 5.82 Å². The van der Waals surface area contributed by atoms with Crippen molar-refractivity contribution in [3.63, 3.8) is 0 Å². The van der Waals surface area contributed by atoms with E-state index in [1.54, 1.807) is 18.3 Å². The second-order valence-electron chi connectivity index (χ2n) is 2.79. The fraction of sp³-hybridized carbons (Fsp3) is 0.444. The van der Waals surface area contributed by atoms with Crippen LogP contribution in [0.5, 0.6) is 5.75 Å². The van der Waals surface area contributed by atoms with E-state index in [1.165, 1.54) is 0 Å². The summed E-state index contributed by atoms with van der Waals surface area (Å²) in [4.78, 5) is 3.82. The maximum absolute atomic E-state index is 9.22. The molecule has 1 rings (SSSR count). The molecule has 4 nitrogen and oxygen atoms in total. The molecule has 0 aliphatic carbocycles. The Morgan fingerprint density at radius 2 is 2.46 bits per heavy atom. The minimum atomic E-state index is -0.422. The van der Waals surface area contributed by atoms with Gasteiger partial charge in [0.1, 0.15) is 18.2 Å². The summed E-state index contributed by atoms with van der Waals surface area (Å²) < 4.78 is 5.27. The zero-order valence-corrected chi connectivity index (χ0v) is 7.60. The lowest BCUT2D eigenvalue weighted by molar-refractivity contribution is 0.104. The summed E-state index contributed by atoms with van der Waals surface area (Å²) >= 11 is 0. The summed E-state index contributed by atoms with van der Waals surface area (Å²) in [6, 6.07) is 3.33. The van der Waals surface area contributed by atoms with E-state index < -0.39 is 6.10 Å². The van der Waals surface area contributed by atoms with Crippen LogP contribution < -0.4 is 10.5 Å². The van der Waals surface area contributed by atoms with Crippen LogP contribution in [0.3, 0.4) is 0 Å². The highest BCUT2D eigenvalue weighted by atomic mass is 16.5. The average molecular weight is 182 g/mol. The standard InChI is InChI=1S/C9H14N2O2/c1-2-7(12)6-13-8-3-4-11-9(10)5-8/h3-5,7,12H,2,6H2,1H3,(H2,10,11). The van der Waals surface area contributed by atoms with E-state index in [2.05, 4.69) is 4.98 Å². The van der Waals surface area contributed by atoms with E-state index in [9.17, 15) is 5.11 Å². The Morgan fingerprint density at radius 3 is 3.08 bits per heavy atom. The van der Waals surface area contributed by atoms with Crippen LogP contribution in [-0.2, 0) is 0 Å². The molecular formula is C9H14N2O2. The minimum absolute atomic E-state index is 0.292. The van der Waals surface area contributed by atoms with Gasteiger partial charge in [-0.15, -0.1) is 0 Å². The van der Waals surface area contributed by atoms with E-state index in [1.807, 2.05) is 6.92 Å². The third kappa shape index (κ3) is 3.29. The average Bonchev–Trinajstić information content (AvgIpc) is 2.14. The molecule has 4 heteroatoms. The van der Waals surface area contributed by atoms with Gasteiger partial charge in [-0.2, -0.15) is 0 Å². The first-order valence-corrected chi connectivity index (χ1v) is 4.24. The molecule has 1 heterocycles. The first-order chi connectivity index (χ1) is 6.22. The number of rotatable bonds is 4. The number of hydrogen-bond donors (Lipinski definition) is 2. The molecular weight excluding hydrogens is 168 g/mol. The summed E-state index contributed by atoms with van der Waals surface area (Å²) in [5.74, 6) is 1.06. The van der Waals surface area contributed by atoms with Crippen molar-refractivity contribution in [2.24, 2.45) is 0 Å². The van der Waals surface area contributed by atoms with E-state index >= 15 is 0 Å². The highest BCUT2D eigenvalue weighted by Crippen LogP contribution is 2.12. The number of nitrogens with two attached hydrogens (primary N) is 1. The number of pyridine rings is 1. The lowest BCUT2D eigenvalue weighted by Crippen LogP contribution is -2.16. The molecule has 0 saturated heterocycles. The quantitative estimate of drug-likeness (QED) is 0.723. The van der Waals surface area contributed by atoms with Crippen molar-refractivity contribution in [1.29, 1.82) is 0 Å². The van der Waals surface area contributed by atoms with Gasteiger partial charge in [-0.25, -0.2) is 4.98 Å². The van der Waals surface area contributed by atoms with Gasteiger partial charge >= 0.3 is 0 Å². The number of nitrogen functional groups attached to an aromatic ring is 1. The van der Waals surface area contributed by atoms with E-state index in [-0.39, 0.29) is 0 Å². The van der Waals surface area contributed by atoms with Crippen LogP contribution in [0.2, 0.25) is 0 Å². The Labute approximate surface area is 77.4 Å². The summed E-state index contributed by atoms with van der Waals surface area (Å²) in [5, 5.41) is 9.22. The van der Waals surface area contributed by atoms with Crippen molar-refractivity contribution in [1.82, 2.24) is 4.98 Å². The summed E-state index contributed by atoms with van der Waals surface area (Å²) in [5.41, 5.74) is 5.44. The summed E-state index contributed by atoms with van der Waals surface area (Å²) in [7, 11) is 0. The van der Waals surface area contributed by atoms with Gasteiger partial charge in [0, 0.05) is 12.3 Å². The van der Waals surface area contributed by atoms with Crippen LogP contribution in [0.15, 0.2) is 18.3 Å². The molecule has 3 N–H and O–H groups in total. The van der Waals surface area contributed by atoms with Crippen LogP contribution in [-0.4, -0.2) is 22.8 Å². The largest absolute Gasteiger partial charge is 0.491 e. The smallest absolute Gasteiger partial charge is 0.126 e. The minimum Gasteiger partial charge on any atom is -0.491 e. The number of nitrogens with zero attached hydrogens (tertiary/aromatic N) is 1. The van der Waals surface area contributed by atoms with Crippen LogP contribution in [0.1, 0.15) is 13.3 Å². The van der Waals surface area contributed by atoms with E-state index in [4.69, 9.17) is 10.5 Å². The molecule has 0 saturated carbocycles. The zero-order chi connectivity index (χ0) is 9.68.